The minimum atomic E-state index is -4.75. The van der Waals surface area contributed by atoms with Gasteiger partial charge >= 0.3 is 12.1 Å². The third-order valence-corrected chi connectivity index (χ3v) is 5.79. The number of carbonyl (C=O) groups excluding carboxylic acids is 2. The van der Waals surface area contributed by atoms with E-state index in [4.69, 9.17) is 4.74 Å². The second-order valence-electron chi connectivity index (χ2n) is 8.44. The first kappa shape index (κ1) is 23.2. The molecular weight excluding hydrogens is 441 g/mol. The van der Waals surface area contributed by atoms with Gasteiger partial charge in [0.15, 0.2) is 0 Å². The van der Waals surface area contributed by atoms with Gasteiger partial charge in [-0.1, -0.05) is 0 Å². The minimum Gasteiger partial charge on any atom is -0.464 e. The molecule has 1 aliphatic carbocycles. The largest absolute Gasteiger partial charge is 0.464 e. The Morgan fingerprint density at radius 3 is 2.67 bits per heavy atom. The van der Waals surface area contributed by atoms with Crippen molar-refractivity contribution in [1.82, 2.24) is 14.8 Å². The van der Waals surface area contributed by atoms with Crippen molar-refractivity contribution in [2.24, 2.45) is 0 Å². The van der Waals surface area contributed by atoms with Gasteiger partial charge < -0.3 is 14.8 Å². The van der Waals surface area contributed by atoms with Crippen molar-refractivity contribution in [3.05, 3.63) is 41.0 Å². The standard InChI is InChI=1S/C22H25F3N4O4/c1-12-4-3-5-15(33-12)11-29-19(17(22(23,24)25)18(28-29)13-6-7-13)20(30)27-14-8-9-26-16(10-14)21(31)32-2/h8-10,12-13,15H,3-7,11H2,1-2H3,(H,26,27,30). The van der Waals surface area contributed by atoms with Crippen molar-refractivity contribution in [1.29, 1.82) is 0 Å². The molecule has 1 saturated carbocycles. The van der Waals surface area contributed by atoms with E-state index in [0.29, 0.717) is 19.3 Å². The van der Waals surface area contributed by atoms with Crippen LogP contribution in [0.2, 0.25) is 0 Å². The lowest BCUT2D eigenvalue weighted by Crippen LogP contribution is -2.31. The van der Waals surface area contributed by atoms with Crippen LogP contribution in [0.15, 0.2) is 18.3 Å². The van der Waals surface area contributed by atoms with E-state index in [-0.39, 0.29) is 41.7 Å². The number of aromatic nitrogens is 3. The highest BCUT2D eigenvalue weighted by Gasteiger charge is 2.46. The summed E-state index contributed by atoms with van der Waals surface area (Å²) in [6, 6.07) is 2.62. The first-order valence-electron chi connectivity index (χ1n) is 10.9. The van der Waals surface area contributed by atoms with Gasteiger partial charge in [-0.2, -0.15) is 18.3 Å². The van der Waals surface area contributed by atoms with E-state index in [1.165, 1.54) is 25.4 Å². The first-order chi connectivity index (χ1) is 15.7. The molecule has 1 aliphatic heterocycles. The zero-order chi connectivity index (χ0) is 23.8. The highest BCUT2D eigenvalue weighted by Crippen LogP contribution is 2.46. The molecule has 0 aromatic carbocycles. The number of rotatable bonds is 6. The SMILES string of the molecule is COC(=O)c1cc(NC(=O)c2c(C(F)(F)F)c(C3CC3)nn2CC2CCCC(C)O2)ccn1. The van der Waals surface area contributed by atoms with Crippen molar-refractivity contribution >= 4 is 17.6 Å². The number of halogens is 3. The van der Waals surface area contributed by atoms with Crippen LogP contribution in [0, 0.1) is 0 Å². The fraction of sp³-hybridized carbons (Fsp3) is 0.545. The lowest BCUT2D eigenvalue weighted by atomic mass is 10.0. The van der Waals surface area contributed by atoms with Gasteiger partial charge in [-0.3, -0.25) is 9.48 Å². The molecule has 0 spiro atoms. The molecule has 2 aromatic rings. The molecule has 2 aromatic heterocycles. The van der Waals surface area contributed by atoms with Gasteiger partial charge in [0.25, 0.3) is 5.91 Å². The molecule has 2 fully saturated rings. The number of hydrogen-bond donors (Lipinski definition) is 1. The Morgan fingerprint density at radius 1 is 1.27 bits per heavy atom. The lowest BCUT2D eigenvalue weighted by Gasteiger charge is -2.28. The van der Waals surface area contributed by atoms with Gasteiger partial charge in [-0.05, 0) is 51.2 Å². The normalized spacial score (nSPS) is 21.0. The number of carbonyl (C=O) groups is 2. The summed E-state index contributed by atoms with van der Waals surface area (Å²) in [6.07, 6.45) is -0.169. The molecule has 0 radical (unpaired) electrons. The van der Waals surface area contributed by atoms with E-state index in [1.807, 2.05) is 6.92 Å². The third-order valence-electron chi connectivity index (χ3n) is 5.79. The molecule has 8 nitrogen and oxygen atoms in total. The maximum atomic E-state index is 14.1. The van der Waals surface area contributed by atoms with Crippen LogP contribution in [0.4, 0.5) is 18.9 Å². The van der Waals surface area contributed by atoms with Gasteiger partial charge in [0.2, 0.25) is 0 Å². The zero-order valence-electron chi connectivity index (χ0n) is 18.3. The Morgan fingerprint density at radius 2 is 2.03 bits per heavy atom. The fourth-order valence-corrected chi connectivity index (χ4v) is 4.10. The highest BCUT2D eigenvalue weighted by atomic mass is 19.4. The number of alkyl halides is 3. The molecule has 1 N–H and O–H groups in total. The molecule has 2 atom stereocenters. The van der Waals surface area contributed by atoms with Crippen molar-refractivity contribution < 1.29 is 32.2 Å². The Kier molecular flexibility index (Phi) is 6.42. The monoisotopic (exact) mass is 466 g/mol. The highest BCUT2D eigenvalue weighted by molar-refractivity contribution is 6.05. The molecule has 2 unspecified atom stereocenters. The van der Waals surface area contributed by atoms with Crippen LogP contribution in [0.5, 0.6) is 0 Å². The Labute approximate surface area is 188 Å². The number of hydrogen-bond acceptors (Lipinski definition) is 6. The summed E-state index contributed by atoms with van der Waals surface area (Å²) in [6.45, 7) is 1.97. The second kappa shape index (κ2) is 9.12. The number of ether oxygens (including phenoxy) is 2. The van der Waals surface area contributed by atoms with Crippen LogP contribution in [-0.2, 0) is 22.2 Å². The summed E-state index contributed by atoms with van der Waals surface area (Å²) in [7, 11) is 1.18. The summed E-state index contributed by atoms with van der Waals surface area (Å²) in [4.78, 5) is 28.7. The summed E-state index contributed by atoms with van der Waals surface area (Å²) >= 11 is 0. The van der Waals surface area contributed by atoms with Crippen molar-refractivity contribution in [3.8, 4) is 0 Å². The Bertz CT molecular complexity index is 1050. The molecule has 178 valence electrons. The van der Waals surface area contributed by atoms with Gasteiger partial charge in [-0.15, -0.1) is 0 Å². The zero-order valence-corrected chi connectivity index (χ0v) is 18.3. The van der Waals surface area contributed by atoms with E-state index < -0.39 is 29.3 Å². The van der Waals surface area contributed by atoms with Gasteiger partial charge in [0.1, 0.15) is 17.0 Å². The van der Waals surface area contributed by atoms with E-state index in [9.17, 15) is 22.8 Å². The number of nitrogens with one attached hydrogen (secondary N) is 1. The smallest absolute Gasteiger partial charge is 0.420 e. The van der Waals surface area contributed by atoms with Crippen LogP contribution in [-0.4, -0.2) is 46.0 Å². The number of esters is 1. The predicted molar refractivity (Wildman–Crippen MR) is 111 cm³/mol. The van der Waals surface area contributed by atoms with E-state index in [2.05, 4.69) is 20.1 Å². The third kappa shape index (κ3) is 5.18. The van der Waals surface area contributed by atoms with E-state index >= 15 is 0 Å². The minimum absolute atomic E-state index is 0.00450. The van der Waals surface area contributed by atoms with Crippen LogP contribution in [0.3, 0.4) is 0 Å². The number of nitrogens with zero attached hydrogens (tertiary/aromatic N) is 3. The van der Waals surface area contributed by atoms with Gasteiger partial charge in [0, 0.05) is 17.8 Å². The molecule has 1 saturated heterocycles. The van der Waals surface area contributed by atoms with E-state index in [0.717, 1.165) is 17.5 Å². The van der Waals surface area contributed by atoms with Crippen molar-refractivity contribution in [3.63, 3.8) is 0 Å². The maximum Gasteiger partial charge on any atom is 0.420 e. The summed E-state index contributed by atoms with van der Waals surface area (Å²) in [5, 5.41) is 6.71. The molecule has 33 heavy (non-hydrogen) atoms. The van der Waals surface area contributed by atoms with E-state index in [1.54, 1.807) is 0 Å². The van der Waals surface area contributed by atoms with Crippen molar-refractivity contribution in [2.75, 3.05) is 12.4 Å². The van der Waals surface area contributed by atoms with Crippen molar-refractivity contribution in [2.45, 2.75) is 69.9 Å². The number of anilines is 1. The molecule has 2 aliphatic rings. The summed E-state index contributed by atoms with van der Waals surface area (Å²) in [5.74, 6) is -2.01. The molecule has 1 amide bonds. The quantitative estimate of drug-likeness (QED) is 0.642. The van der Waals surface area contributed by atoms with Crippen LogP contribution >= 0.6 is 0 Å². The molecular formula is C22H25F3N4O4. The summed E-state index contributed by atoms with van der Waals surface area (Å²) in [5.41, 5.74) is -1.62. The van der Waals surface area contributed by atoms with Crippen LogP contribution < -0.4 is 5.32 Å². The Hall–Kier alpha value is -2.95. The average Bonchev–Trinajstić information content (AvgIpc) is 3.53. The van der Waals surface area contributed by atoms with Crippen LogP contribution in [0.1, 0.15) is 77.2 Å². The lowest BCUT2D eigenvalue weighted by molar-refractivity contribution is -0.138. The predicted octanol–water partition coefficient (Wildman–Crippen LogP) is 4.17. The maximum absolute atomic E-state index is 14.1. The molecule has 4 rings (SSSR count). The van der Waals surface area contributed by atoms with Gasteiger partial charge in [-0.25, -0.2) is 9.78 Å². The fourth-order valence-electron chi connectivity index (χ4n) is 4.10. The second-order valence-corrected chi connectivity index (χ2v) is 8.44. The van der Waals surface area contributed by atoms with Gasteiger partial charge in [0.05, 0.1) is 31.6 Å². The number of pyridine rings is 1. The van der Waals surface area contributed by atoms with Crippen LogP contribution in [0.25, 0.3) is 0 Å². The number of amides is 1. The summed E-state index contributed by atoms with van der Waals surface area (Å²) < 4.78 is 54.0. The Balaban J connectivity index is 1.70. The number of methoxy groups -OCH3 is 1. The molecule has 3 heterocycles. The first-order valence-corrected chi connectivity index (χ1v) is 10.9. The molecule has 11 heteroatoms. The molecule has 0 bridgehead atoms. The topological polar surface area (TPSA) is 95.3 Å². The average molecular weight is 466 g/mol.